The Labute approximate surface area is 231 Å². The van der Waals surface area contributed by atoms with Gasteiger partial charge in [-0.15, -0.1) is 0 Å². The highest BCUT2D eigenvalue weighted by atomic mass is 35.5. The van der Waals surface area contributed by atoms with Crippen molar-refractivity contribution in [1.82, 2.24) is 30.1 Å². The van der Waals surface area contributed by atoms with E-state index in [1.807, 2.05) is 36.1 Å². The maximum Gasteiger partial charge on any atom is 0.256 e. The summed E-state index contributed by atoms with van der Waals surface area (Å²) in [6.45, 7) is 8.33. The topological polar surface area (TPSA) is 118 Å². The Bertz CT molecular complexity index is 1530. The van der Waals surface area contributed by atoms with E-state index in [0.29, 0.717) is 33.6 Å². The minimum Gasteiger partial charge on any atom is -0.358 e. The van der Waals surface area contributed by atoms with Gasteiger partial charge in [0.2, 0.25) is 5.95 Å². The van der Waals surface area contributed by atoms with E-state index < -0.39 is 0 Å². The lowest BCUT2D eigenvalue weighted by molar-refractivity contribution is 0.0644. The third-order valence-corrected chi connectivity index (χ3v) is 7.24. The van der Waals surface area contributed by atoms with Crippen molar-refractivity contribution in [2.24, 2.45) is 0 Å². The Morgan fingerprint density at radius 2 is 1.85 bits per heavy atom. The average Bonchev–Trinajstić information content (AvgIpc) is 3.29. The number of para-hydroxylation sites is 1. The summed E-state index contributed by atoms with van der Waals surface area (Å²) in [4.78, 5) is 42.1. The molecule has 0 unspecified atom stereocenters. The van der Waals surface area contributed by atoms with Crippen LogP contribution in [-0.4, -0.2) is 76.3 Å². The van der Waals surface area contributed by atoms with Crippen molar-refractivity contribution in [3.05, 3.63) is 70.5 Å². The van der Waals surface area contributed by atoms with Gasteiger partial charge < -0.3 is 30.7 Å². The van der Waals surface area contributed by atoms with Gasteiger partial charge in [0, 0.05) is 55.5 Å². The second kappa shape index (κ2) is 11.3. The number of piperazine rings is 1. The third kappa shape index (κ3) is 5.52. The second-order valence-corrected chi connectivity index (χ2v) is 9.78. The molecule has 1 aliphatic heterocycles. The van der Waals surface area contributed by atoms with Crippen LogP contribution in [0.4, 0.5) is 23.1 Å². The quantitative estimate of drug-likeness (QED) is 0.269. The number of halogens is 1. The number of nitrogens with zero attached hydrogens (tertiary/aromatic N) is 4. The number of carbonyl (C=O) groups is 2. The molecule has 0 saturated carbocycles. The Morgan fingerprint density at radius 3 is 2.59 bits per heavy atom. The van der Waals surface area contributed by atoms with Crippen molar-refractivity contribution >= 4 is 57.5 Å². The van der Waals surface area contributed by atoms with Crippen LogP contribution in [-0.2, 0) is 0 Å². The number of aromatic amines is 1. The number of amides is 2. The molecule has 1 fully saturated rings. The van der Waals surface area contributed by atoms with Gasteiger partial charge in [-0.25, -0.2) is 4.98 Å². The van der Waals surface area contributed by atoms with Crippen molar-refractivity contribution in [3.63, 3.8) is 0 Å². The molecule has 0 bridgehead atoms. The monoisotopic (exact) mass is 546 g/mol. The van der Waals surface area contributed by atoms with Gasteiger partial charge in [-0.2, -0.15) is 4.98 Å². The molecule has 202 valence electrons. The van der Waals surface area contributed by atoms with Crippen LogP contribution in [0, 0.1) is 6.92 Å². The zero-order valence-corrected chi connectivity index (χ0v) is 22.9. The van der Waals surface area contributed by atoms with Crippen LogP contribution < -0.4 is 16.0 Å². The summed E-state index contributed by atoms with van der Waals surface area (Å²) in [5.41, 5.74) is 4.19. The first-order chi connectivity index (χ1) is 18.9. The molecule has 39 heavy (non-hydrogen) atoms. The number of H-pyrrole nitrogens is 1. The number of aryl methyl sites for hydroxylation is 1. The van der Waals surface area contributed by atoms with Gasteiger partial charge in [0.05, 0.1) is 23.0 Å². The fourth-order valence-corrected chi connectivity index (χ4v) is 4.95. The van der Waals surface area contributed by atoms with Crippen LogP contribution in [0.2, 0.25) is 5.02 Å². The van der Waals surface area contributed by atoms with Crippen LogP contribution >= 0.6 is 11.6 Å². The van der Waals surface area contributed by atoms with Gasteiger partial charge in [-0.3, -0.25) is 9.59 Å². The van der Waals surface area contributed by atoms with Crippen molar-refractivity contribution < 1.29 is 9.59 Å². The average molecular weight is 547 g/mol. The van der Waals surface area contributed by atoms with Gasteiger partial charge in [0.25, 0.3) is 11.8 Å². The number of fused-ring (bicyclic) bond motifs is 1. The summed E-state index contributed by atoms with van der Waals surface area (Å²) in [6, 6.07) is 12.9. The van der Waals surface area contributed by atoms with Crippen molar-refractivity contribution in [2.75, 3.05) is 50.4 Å². The first-order valence-electron chi connectivity index (χ1n) is 12.9. The van der Waals surface area contributed by atoms with Gasteiger partial charge >= 0.3 is 0 Å². The molecule has 1 saturated heterocycles. The predicted molar refractivity (Wildman–Crippen MR) is 154 cm³/mol. The van der Waals surface area contributed by atoms with Crippen LogP contribution in [0.5, 0.6) is 0 Å². The van der Waals surface area contributed by atoms with Crippen LogP contribution in [0.25, 0.3) is 10.9 Å². The number of benzene rings is 2. The molecule has 0 aliphatic carbocycles. The molecule has 5 rings (SSSR count). The summed E-state index contributed by atoms with van der Waals surface area (Å²) in [6.07, 6.45) is 1.49. The standard InChI is InChI=1S/C28H31ClN8O2/c1-4-36-11-13-37(14-12-36)27(39)24-17(2)32-23-15-18(9-10-19(23)24)33-28-31-16-21(29)25(35-28)34-22-8-6-5-7-20(22)26(38)30-3/h5-10,15-16,32H,4,11-14H2,1-3H3,(H,30,38)(H2,31,33,34,35). The zero-order chi connectivity index (χ0) is 27.5. The highest BCUT2D eigenvalue weighted by Gasteiger charge is 2.25. The third-order valence-electron chi connectivity index (χ3n) is 6.96. The number of hydrogen-bond acceptors (Lipinski definition) is 7. The van der Waals surface area contributed by atoms with Crippen LogP contribution in [0.1, 0.15) is 33.3 Å². The number of aromatic nitrogens is 3. The summed E-state index contributed by atoms with van der Waals surface area (Å²) in [5, 5.41) is 10.2. The van der Waals surface area contributed by atoms with Crippen molar-refractivity contribution in [2.45, 2.75) is 13.8 Å². The maximum atomic E-state index is 13.4. The van der Waals surface area contributed by atoms with E-state index >= 15 is 0 Å². The fraction of sp³-hybridized carbons (Fsp3) is 0.286. The number of rotatable bonds is 7. The Hall–Kier alpha value is -4.15. The van der Waals surface area contributed by atoms with Crippen LogP contribution in [0.3, 0.4) is 0 Å². The first kappa shape index (κ1) is 26.5. The largest absolute Gasteiger partial charge is 0.358 e. The van der Waals surface area contributed by atoms with Gasteiger partial charge in [0.15, 0.2) is 5.82 Å². The smallest absolute Gasteiger partial charge is 0.256 e. The lowest BCUT2D eigenvalue weighted by Gasteiger charge is -2.34. The molecular weight excluding hydrogens is 516 g/mol. The Balaban J connectivity index is 1.36. The van der Waals surface area contributed by atoms with E-state index in [4.69, 9.17) is 11.6 Å². The summed E-state index contributed by atoms with van der Waals surface area (Å²) in [5.74, 6) is 0.520. The second-order valence-electron chi connectivity index (χ2n) is 9.38. The minimum absolute atomic E-state index is 0.0593. The number of anilines is 4. The molecule has 2 aromatic heterocycles. The molecule has 4 aromatic rings. The highest BCUT2D eigenvalue weighted by Crippen LogP contribution is 2.30. The van der Waals surface area contributed by atoms with E-state index in [2.05, 4.69) is 42.7 Å². The number of carbonyl (C=O) groups excluding carboxylic acids is 2. The lowest BCUT2D eigenvalue weighted by atomic mass is 10.1. The minimum atomic E-state index is -0.225. The Morgan fingerprint density at radius 1 is 1.08 bits per heavy atom. The maximum absolute atomic E-state index is 13.4. The highest BCUT2D eigenvalue weighted by molar-refractivity contribution is 6.33. The van der Waals surface area contributed by atoms with Crippen molar-refractivity contribution in [1.29, 1.82) is 0 Å². The summed E-state index contributed by atoms with van der Waals surface area (Å²) in [7, 11) is 1.58. The lowest BCUT2D eigenvalue weighted by Crippen LogP contribution is -2.48. The van der Waals surface area contributed by atoms with E-state index in [-0.39, 0.29) is 11.8 Å². The van der Waals surface area contributed by atoms with Gasteiger partial charge in [-0.1, -0.05) is 30.7 Å². The number of hydrogen-bond donors (Lipinski definition) is 4. The summed E-state index contributed by atoms with van der Waals surface area (Å²) < 4.78 is 0. The molecular formula is C28H31ClN8O2. The zero-order valence-electron chi connectivity index (χ0n) is 22.1. The van der Waals surface area contributed by atoms with E-state index in [1.54, 1.807) is 25.2 Å². The number of nitrogens with one attached hydrogen (secondary N) is 4. The fourth-order valence-electron chi connectivity index (χ4n) is 4.81. The molecule has 11 heteroatoms. The van der Waals surface area contributed by atoms with E-state index in [0.717, 1.165) is 55.0 Å². The Kier molecular flexibility index (Phi) is 7.67. The first-order valence-corrected chi connectivity index (χ1v) is 13.3. The van der Waals surface area contributed by atoms with Gasteiger partial charge in [0.1, 0.15) is 5.02 Å². The molecule has 2 amide bonds. The van der Waals surface area contributed by atoms with Crippen molar-refractivity contribution in [3.8, 4) is 0 Å². The van der Waals surface area contributed by atoms with E-state index in [9.17, 15) is 9.59 Å². The summed E-state index contributed by atoms with van der Waals surface area (Å²) >= 11 is 6.36. The molecule has 4 N–H and O–H groups in total. The number of likely N-dealkylation sites (N-methyl/N-ethyl adjacent to an activating group) is 1. The molecule has 1 aliphatic rings. The van der Waals surface area contributed by atoms with Gasteiger partial charge in [-0.05, 0) is 43.8 Å². The predicted octanol–water partition coefficient (Wildman–Crippen LogP) is 4.54. The van der Waals surface area contributed by atoms with E-state index in [1.165, 1.54) is 6.20 Å². The molecule has 0 atom stereocenters. The molecule has 0 radical (unpaired) electrons. The molecule has 3 heterocycles. The molecule has 10 nitrogen and oxygen atoms in total. The molecule has 0 spiro atoms. The normalized spacial score (nSPS) is 13.9. The van der Waals surface area contributed by atoms with Crippen LogP contribution in [0.15, 0.2) is 48.7 Å². The SMILES string of the molecule is CCN1CCN(C(=O)c2c(C)[nH]c3cc(Nc4ncc(Cl)c(Nc5ccccc5C(=O)NC)n4)ccc23)CC1. The molecule has 2 aromatic carbocycles.